The minimum absolute atomic E-state index is 0.184. The average molecular weight is 482 g/mol. The van der Waals surface area contributed by atoms with Gasteiger partial charge in [0.25, 0.3) is 11.8 Å². The van der Waals surface area contributed by atoms with E-state index in [1.54, 1.807) is 60.7 Å². The molecular formula is C25H24ClN3O5. The fourth-order valence-electron chi connectivity index (χ4n) is 3.14. The largest absolute Gasteiger partial charge is 0.465 e. The molecule has 1 unspecified atom stereocenters. The monoisotopic (exact) mass is 481 g/mol. The van der Waals surface area contributed by atoms with Crippen LogP contribution in [0.15, 0.2) is 70.2 Å². The number of amides is 2. The first-order valence-electron chi connectivity index (χ1n) is 10.5. The Morgan fingerprint density at radius 3 is 2.41 bits per heavy atom. The van der Waals surface area contributed by atoms with Crippen molar-refractivity contribution in [3.63, 3.8) is 0 Å². The normalized spacial score (nSPS) is 11.9. The molecule has 1 heterocycles. The van der Waals surface area contributed by atoms with Gasteiger partial charge in [-0.2, -0.15) is 5.10 Å². The molecule has 3 rings (SSSR count). The van der Waals surface area contributed by atoms with Crippen LogP contribution in [0.2, 0.25) is 5.02 Å². The van der Waals surface area contributed by atoms with E-state index in [-0.39, 0.29) is 5.92 Å². The molecule has 0 aliphatic rings. The number of rotatable bonds is 8. The van der Waals surface area contributed by atoms with E-state index < -0.39 is 23.8 Å². The van der Waals surface area contributed by atoms with Crippen molar-refractivity contribution in [2.75, 3.05) is 7.11 Å². The molecule has 0 bridgehead atoms. The summed E-state index contributed by atoms with van der Waals surface area (Å²) in [5, 5.41) is 7.16. The summed E-state index contributed by atoms with van der Waals surface area (Å²) in [6, 6.07) is 15.8. The van der Waals surface area contributed by atoms with Crippen LogP contribution in [0.3, 0.4) is 0 Å². The molecule has 1 aromatic heterocycles. The maximum absolute atomic E-state index is 12.6. The molecule has 176 valence electrons. The molecule has 0 saturated carbocycles. The Kier molecular flexibility index (Phi) is 8.21. The van der Waals surface area contributed by atoms with Crippen molar-refractivity contribution in [2.45, 2.75) is 19.9 Å². The fourth-order valence-corrected chi connectivity index (χ4v) is 3.27. The SMILES string of the molecule is COC(=O)c1ccccc1-c1ccc(/C=N\NC(=O)C(NC(=O)c2ccc(Cl)cc2)C(C)C)o1. The minimum atomic E-state index is -0.806. The van der Waals surface area contributed by atoms with Gasteiger partial charge in [-0.1, -0.05) is 43.6 Å². The number of ether oxygens (including phenoxy) is 1. The average Bonchev–Trinajstić information content (AvgIpc) is 3.30. The van der Waals surface area contributed by atoms with E-state index in [2.05, 4.69) is 15.8 Å². The molecule has 0 saturated heterocycles. The molecule has 1 atom stereocenters. The fraction of sp³-hybridized carbons (Fsp3) is 0.200. The highest BCUT2D eigenvalue weighted by Gasteiger charge is 2.24. The van der Waals surface area contributed by atoms with Crippen molar-refractivity contribution in [1.29, 1.82) is 0 Å². The third kappa shape index (κ3) is 6.11. The number of furan rings is 1. The summed E-state index contributed by atoms with van der Waals surface area (Å²) in [6.07, 6.45) is 1.33. The lowest BCUT2D eigenvalue weighted by Gasteiger charge is -2.20. The summed E-state index contributed by atoms with van der Waals surface area (Å²) in [5.74, 6) is -0.720. The standard InChI is InChI=1S/C25H24ClN3O5/c1-15(2)22(28-23(30)16-8-10-17(26)11-9-16)24(31)29-27-14-18-12-13-21(34-18)19-6-4-5-7-20(19)25(32)33-3/h4-15,22H,1-3H3,(H,28,30)(H,29,31)/b27-14-. The highest BCUT2D eigenvalue weighted by Crippen LogP contribution is 2.26. The Morgan fingerprint density at radius 2 is 1.74 bits per heavy atom. The smallest absolute Gasteiger partial charge is 0.338 e. The van der Waals surface area contributed by atoms with E-state index in [0.717, 1.165) is 0 Å². The topological polar surface area (TPSA) is 110 Å². The highest BCUT2D eigenvalue weighted by molar-refractivity contribution is 6.30. The molecule has 9 heteroatoms. The van der Waals surface area contributed by atoms with Crippen LogP contribution in [0.25, 0.3) is 11.3 Å². The summed E-state index contributed by atoms with van der Waals surface area (Å²) < 4.78 is 10.5. The number of nitrogens with one attached hydrogen (secondary N) is 2. The van der Waals surface area contributed by atoms with Crippen LogP contribution in [0.5, 0.6) is 0 Å². The zero-order valence-corrected chi connectivity index (χ0v) is 19.6. The van der Waals surface area contributed by atoms with Gasteiger partial charge in [0.05, 0.1) is 18.9 Å². The number of hydrogen-bond acceptors (Lipinski definition) is 6. The number of esters is 1. The Bertz CT molecular complexity index is 1200. The van der Waals surface area contributed by atoms with Crippen molar-refractivity contribution < 1.29 is 23.5 Å². The quantitative estimate of drug-likeness (QED) is 0.283. The van der Waals surface area contributed by atoms with Gasteiger partial charge in [0, 0.05) is 16.1 Å². The van der Waals surface area contributed by atoms with E-state index >= 15 is 0 Å². The minimum Gasteiger partial charge on any atom is -0.465 e. The molecule has 0 aliphatic heterocycles. The van der Waals surface area contributed by atoms with Crippen molar-refractivity contribution in [3.8, 4) is 11.3 Å². The van der Waals surface area contributed by atoms with E-state index in [0.29, 0.717) is 33.2 Å². The number of benzene rings is 2. The lowest BCUT2D eigenvalue weighted by molar-refractivity contribution is -0.123. The molecular weight excluding hydrogens is 458 g/mol. The predicted octanol–water partition coefficient (Wildman–Crippen LogP) is 4.29. The molecule has 0 fully saturated rings. The predicted molar refractivity (Wildman–Crippen MR) is 129 cm³/mol. The molecule has 0 spiro atoms. The van der Waals surface area contributed by atoms with Crippen molar-refractivity contribution in [1.82, 2.24) is 10.7 Å². The van der Waals surface area contributed by atoms with Gasteiger partial charge >= 0.3 is 5.97 Å². The van der Waals surface area contributed by atoms with Gasteiger partial charge in [-0.05, 0) is 48.4 Å². The third-order valence-corrected chi connectivity index (χ3v) is 5.19. The first kappa shape index (κ1) is 24.7. The Balaban J connectivity index is 1.66. The summed E-state index contributed by atoms with van der Waals surface area (Å²) in [6.45, 7) is 3.63. The maximum atomic E-state index is 12.6. The van der Waals surface area contributed by atoms with Gasteiger partial charge < -0.3 is 14.5 Å². The molecule has 0 aliphatic carbocycles. The lowest BCUT2D eigenvalue weighted by atomic mass is 10.0. The van der Waals surface area contributed by atoms with E-state index in [9.17, 15) is 14.4 Å². The molecule has 3 aromatic rings. The zero-order chi connectivity index (χ0) is 24.7. The number of hydrazone groups is 1. The van der Waals surface area contributed by atoms with Gasteiger partial charge in [0.2, 0.25) is 0 Å². The Labute approximate surface area is 201 Å². The number of hydrogen-bond donors (Lipinski definition) is 2. The maximum Gasteiger partial charge on any atom is 0.338 e. The second kappa shape index (κ2) is 11.3. The lowest BCUT2D eigenvalue weighted by Crippen LogP contribution is -2.48. The first-order valence-corrected chi connectivity index (χ1v) is 10.8. The number of halogens is 1. The van der Waals surface area contributed by atoms with Crippen LogP contribution < -0.4 is 10.7 Å². The van der Waals surface area contributed by atoms with E-state index in [1.807, 2.05) is 13.8 Å². The zero-order valence-electron chi connectivity index (χ0n) is 18.9. The van der Waals surface area contributed by atoms with Crippen LogP contribution in [0, 0.1) is 5.92 Å². The molecule has 2 amide bonds. The van der Waals surface area contributed by atoms with Gasteiger partial charge in [-0.25, -0.2) is 10.2 Å². The van der Waals surface area contributed by atoms with Gasteiger partial charge in [-0.15, -0.1) is 0 Å². The number of nitrogens with zero attached hydrogens (tertiary/aromatic N) is 1. The number of carbonyl (C=O) groups excluding carboxylic acids is 3. The van der Waals surface area contributed by atoms with Gasteiger partial charge in [-0.3, -0.25) is 9.59 Å². The van der Waals surface area contributed by atoms with Crippen LogP contribution in [0.1, 0.15) is 40.3 Å². The molecule has 0 radical (unpaired) electrons. The molecule has 8 nitrogen and oxygen atoms in total. The first-order chi connectivity index (χ1) is 16.3. The Hall–Kier alpha value is -3.91. The van der Waals surface area contributed by atoms with Crippen LogP contribution in [-0.4, -0.2) is 37.1 Å². The summed E-state index contributed by atoms with van der Waals surface area (Å²) >= 11 is 5.86. The summed E-state index contributed by atoms with van der Waals surface area (Å²) in [7, 11) is 1.31. The number of carbonyl (C=O) groups is 3. The van der Waals surface area contributed by atoms with Crippen molar-refractivity contribution in [3.05, 3.63) is 82.6 Å². The molecule has 2 N–H and O–H groups in total. The van der Waals surface area contributed by atoms with E-state index in [1.165, 1.54) is 13.3 Å². The van der Waals surface area contributed by atoms with Crippen LogP contribution in [0.4, 0.5) is 0 Å². The van der Waals surface area contributed by atoms with Crippen molar-refractivity contribution >= 4 is 35.6 Å². The molecule has 34 heavy (non-hydrogen) atoms. The van der Waals surface area contributed by atoms with Crippen molar-refractivity contribution in [2.24, 2.45) is 11.0 Å². The molecule has 2 aromatic carbocycles. The van der Waals surface area contributed by atoms with Gasteiger partial charge in [0.15, 0.2) is 0 Å². The van der Waals surface area contributed by atoms with E-state index in [4.69, 9.17) is 20.8 Å². The highest BCUT2D eigenvalue weighted by atomic mass is 35.5. The van der Waals surface area contributed by atoms with Gasteiger partial charge in [0.1, 0.15) is 17.6 Å². The number of methoxy groups -OCH3 is 1. The van der Waals surface area contributed by atoms with Crippen LogP contribution in [-0.2, 0) is 9.53 Å². The second-order valence-corrected chi connectivity index (χ2v) is 8.11. The summed E-state index contributed by atoms with van der Waals surface area (Å²) in [5.41, 5.74) is 3.76. The second-order valence-electron chi connectivity index (χ2n) is 7.68. The third-order valence-electron chi connectivity index (χ3n) is 4.93. The van der Waals surface area contributed by atoms with Crippen LogP contribution >= 0.6 is 11.6 Å². The Morgan fingerprint density at radius 1 is 1.03 bits per heavy atom. The summed E-state index contributed by atoms with van der Waals surface area (Å²) in [4.78, 5) is 37.1.